The van der Waals surface area contributed by atoms with Crippen LogP contribution in [0.4, 0.5) is 0 Å². The van der Waals surface area contributed by atoms with E-state index in [0.29, 0.717) is 15.6 Å². The summed E-state index contributed by atoms with van der Waals surface area (Å²) < 4.78 is 6.98. The first kappa shape index (κ1) is 20.1. The van der Waals surface area contributed by atoms with Crippen LogP contribution in [0.5, 0.6) is 0 Å². The monoisotopic (exact) mass is 388 g/mol. The highest BCUT2D eigenvalue weighted by molar-refractivity contribution is 6.34. The summed E-state index contributed by atoms with van der Waals surface area (Å²) in [6, 6.07) is 3.15. The predicted octanol–water partition coefficient (Wildman–Crippen LogP) is 0.419. The van der Waals surface area contributed by atoms with Crippen molar-refractivity contribution in [3.8, 4) is 0 Å². The molecule has 0 saturated heterocycles. The number of methoxy groups -OCH3 is 1. The molecule has 1 amide bonds. The van der Waals surface area contributed by atoms with Crippen LogP contribution in [0.15, 0.2) is 35.6 Å². The van der Waals surface area contributed by atoms with E-state index in [1.54, 1.807) is 12.3 Å². The Balaban J connectivity index is 0.000000217. The fourth-order valence-corrected chi connectivity index (χ4v) is 2.11. The first-order valence-corrected chi connectivity index (χ1v) is 7.19. The Bertz CT molecular complexity index is 897. The van der Waals surface area contributed by atoms with Crippen molar-refractivity contribution in [3.05, 3.63) is 56.9 Å². The molecule has 3 aromatic rings. The largest absolute Gasteiger partial charge is 0.464 e. The lowest BCUT2D eigenvalue weighted by atomic mass is 10.4. The summed E-state index contributed by atoms with van der Waals surface area (Å²) in [6.07, 6.45) is 4.69. The van der Waals surface area contributed by atoms with Gasteiger partial charge in [0.05, 0.1) is 17.2 Å². The number of esters is 1. The zero-order valence-corrected chi connectivity index (χ0v) is 14.4. The third kappa shape index (κ3) is 4.99. The van der Waals surface area contributed by atoms with Gasteiger partial charge in [0.2, 0.25) is 6.41 Å². The number of rotatable bonds is 1. The lowest BCUT2D eigenvalue weighted by molar-refractivity contribution is -0.106. The van der Waals surface area contributed by atoms with Gasteiger partial charge in [-0.2, -0.15) is 5.10 Å². The van der Waals surface area contributed by atoms with Crippen LogP contribution in [0.1, 0.15) is 10.5 Å². The first-order valence-electron chi connectivity index (χ1n) is 6.43. The molecular formula is C13H14Cl2N6O4. The molecule has 0 aliphatic carbocycles. The summed E-state index contributed by atoms with van der Waals surface area (Å²) in [5.74, 6) is 4.81. The minimum Gasteiger partial charge on any atom is -0.464 e. The maximum Gasteiger partial charge on any atom is 0.358 e. The van der Waals surface area contributed by atoms with Crippen molar-refractivity contribution in [3.63, 3.8) is 0 Å². The number of hydrogen-bond donors (Lipinski definition) is 3. The van der Waals surface area contributed by atoms with E-state index in [1.807, 2.05) is 0 Å². The highest BCUT2D eigenvalue weighted by atomic mass is 35.5. The highest BCUT2D eigenvalue weighted by Crippen LogP contribution is 2.15. The summed E-state index contributed by atoms with van der Waals surface area (Å²) in [4.78, 5) is 33.0. The van der Waals surface area contributed by atoms with Crippen molar-refractivity contribution < 1.29 is 14.3 Å². The van der Waals surface area contributed by atoms with Crippen LogP contribution >= 0.6 is 23.2 Å². The Morgan fingerprint density at radius 3 is 2.40 bits per heavy atom. The van der Waals surface area contributed by atoms with Gasteiger partial charge < -0.3 is 21.3 Å². The third-order valence-electron chi connectivity index (χ3n) is 2.65. The average Bonchev–Trinajstić information content (AvgIpc) is 3.12. The Morgan fingerprint density at radius 1 is 1.32 bits per heavy atom. The van der Waals surface area contributed by atoms with Gasteiger partial charge in [-0.3, -0.25) is 14.3 Å². The standard InChI is InChI=1S/C6H4ClN3O.C6H7ClN2O2.CH3NO/c7-4-1-2-10-5(4)6(11)8-3-9-10;1-11-6(10)5-4(7)2-3-9(5)8;2-1-3/h1-3H,(H,8,9,11);2-3H,8H2,1H3;1H,(H2,2,3). The summed E-state index contributed by atoms with van der Waals surface area (Å²) in [5.41, 5.74) is 4.48. The molecule has 0 unspecified atom stereocenters. The lowest BCUT2D eigenvalue weighted by Gasteiger charge is -2.00. The van der Waals surface area contributed by atoms with Crippen LogP contribution < -0.4 is 17.1 Å². The molecular weight excluding hydrogens is 375 g/mol. The molecule has 0 fully saturated rings. The second-order valence-corrected chi connectivity index (χ2v) is 4.94. The summed E-state index contributed by atoms with van der Waals surface area (Å²) in [5, 5.41) is 4.55. The second kappa shape index (κ2) is 9.35. The van der Waals surface area contributed by atoms with Gasteiger partial charge in [-0.05, 0) is 12.1 Å². The number of carbonyl (C=O) groups excluding carboxylic acids is 2. The van der Waals surface area contributed by atoms with Crippen molar-refractivity contribution in [2.75, 3.05) is 13.0 Å². The fourth-order valence-electron chi connectivity index (χ4n) is 1.65. The van der Waals surface area contributed by atoms with E-state index in [0.717, 1.165) is 4.68 Å². The van der Waals surface area contributed by atoms with Crippen LogP contribution in [0.2, 0.25) is 10.0 Å². The molecule has 12 heteroatoms. The minimum absolute atomic E-state index is 0.161. The van der Waals surface area contributed by atoms with Gasteiger partial charge in [-0.25, -0.2) is 9.31 Å². The number of H-pyrrole nitrogens is 1. The van der Waals surface area contributed by atoms with Gasteiger partial charge in [0.15, 0.2) is 5.69 Å². The number of nitrogen functional groups attached to an aromatic ring is 1. The maximum absolute atomic E-state index is 11.1. The van der Waals surface area contributed by atoms with Crippen molar-refractivity contribution in [2.24, 2.45) is 5.73 Å². The molecule has 0 aliphatic rings. The Morgan fingerprint density at radius 2 is 1.92 bits per heavy atom. The predicted molar refractivity (Wildman–Crippen MR) is 92.0 cm³/mol. The summed E-state index contributed by atoms with van der Waals surface area (Å²) in [6.45, 7) is 0. The molecule has 3 heterocycles. The third-order valence-corrected chi connectivity index (χ3v) is 3.26. The zero-order chi connectivity index (χ0) is 19.0. The Hall–Kier alpha value is -2.98. The molecule has 0 bridgehead atoms. The van der Waals surface area contributed by atoms with E-state index in [4.69, 9.17) is 33.8 Å². The Labute approximate surface area is 150 Å². The van der Waals surface area contributed by atoms with E-state index < -0.39 is 5.97 Å². The van der Waals surface area contributed by atoms with E-state index in [9.17, 15) is 9.59 Å². The van der Waals surface area contributed by atoms with Crippen LogP contribution in [0.3, 0.4) is 0 Å². The fraction of sp³-hybridized carbons (Fsp3) is 0.0769. The molecule has 0 atom stereocenters. The van der Waals surface area contributed by atoms with Crippen LogP contribution in [-0.2, 0) is 9.53 Å². The average molecular weight is 389 g/mol. The van der Waals surface area contributed by atoms with E-state index in [-0.39, 0.29) is 17.7 Å². The van der Waals surface area contributed by atoms with Gasteiger partial charge >= 0.3 is 5.97 Å². The van der Waals surface area contributed by atoms with E-state index >= 15 is 0 Å². The number of fused-ring (bicyclic) bond motifs is 1. The number of aromatic amines is 1. The van der Waals surface area contributed by atoms with Crippen LogP contribution in [0, 0.1) is 0 Å². The number of hydrogen-bond acceptors (Lipinski definition) is 6. The van der Waals surface area contributed by atoms with Gasteiger partial charge in [-0.15, -0.1) is 0 Å². The molecule has 5 N–H and O–H groups in total. The van der Waals surface area contributed by atoms with Gasteiger partial charge in [-0.1, -0.05) is 23.2 Å². The number of carbonyl (C=O) groups is 2. The van der Waals surface area contributed by atoms with Crippen LogP contribution in [0.25, 0.3) is 5.52 Å². The quantitative estimate of drug-likeness (QED) is 0.312. The van der Waals surface area contributed by atoms with E-state index in [2.05, 4.69) is 20.6 Å². The second-order valence-electron chi connectivity index (χ2n) is 4.12. The van der Waals surface area contributed by atoms with Gasteiger partial charge in [0.25, 0.3) is 5.56 Å². The molecule has 134 valence electrons. The molecule has 10 nitrogen and oxygen atoms in total. The number of ether oxygens (including phenoxy) is 1. The van der Waals surface area contributed by atoms with Gasteiger partial charge in [0.1, 0.15) is 11.8 Å². The maximum atomic E-state index is 11.1. The summed E-state index contributed by atoms with van der Waals surface area (Å²) in [7, 11) is 1.27. The molecule has 0 saturated carbocycles. The number of nitrogens with two attached hydrogens (primary N) is 2. The molecule has 0 spiro atoms. The molecule has 3 rings (SSSR count). The van der Waals surface area contributed by atoms with E-state index in [1.165, 1.54) is 30.2 Å². The first-order chi connectivity index (χ1) is 11.9. The zero-order valence-electron chi connectivity index (χ0n) is 12.8. The van der Waals surface area contributed by atoms with Crippen molar-refractivity contribution >= 4 is 41.1 Å². The highest BCUT2D eigenvalue weighted by Gasteiger charge is 2.14. The number of nitrogens with one attached hydrogen (secondary N) is 1. The number of aromatic nitrogens is 4. The van der Waals surface area contributed by atoms with Crippen molar-refractivity contribution in [1.29, 1.82) is 0 Å². The molecule has 25 heavy (non-hydrogen) atoms. The molecule has 0 radical (unpaired) electrons. The number of primary amides is 1. The minimum atomic E-state index is -0.539. The normalized spacial score (nSPS) is 9.40. The van der Waals surface area contributed by atoms with Crippen molar-refractivity contribution in [1.82, 2.24) is 19.3 Å². The lowest BCUT2D eigenvalue weighted by Crippen LogP contribution is -2.16. The SMILES string of the molecule is COC(=O)c1c(Cl)ccn1N.NC=O.O=c1[nH]cnn2ccc(Cl)c12. The molecule has 3 aromatic heterocycles. The van der Waals surface area contributed by atoms with Crippen molar-refractivity contribution in [2.45, 2.75) is 0 Å². The topological polar surface area (TPSA) is 150 Å². The van der Waals surface area contributed by atoms with Crippen LogP contribution in [-0.4, -0.2) is 38.8 Å². The smallest absolute Gasteiger partial charge is 0.358 e. The number of halogens is 2. The summed E-state index contributed by atoms with van der Waals surface area (Å²) >= 11 is 11.3. The number of nitrogens with zero attached hydrogens (tertiary/aromatic N) is 3. The Kier molecular flexibility index (Phi) is 7.50. The molecule has 0 aromatic carbocycles. The molecule has 0 aliphatic heterocycles. The van der Waals surface area contributed by atoms with Gasteiger partial charge in [0, 0.05) is 12.4 Å². The number of amides is 1.